The van der Waals surface area contributed by atoms with E-state index in [9.17, 15) is 0 Å². The van der Waals surface area contributed by atoms with Gasteiger partial charge in [-0.05, 0) is 30.5 Å². The Morgan fingerprint density at radius 3 is 3.15 bits per heavy atom. The zero-order chi connectivity index (χ0) is 14.2. The van der Waals surface area contributed by atoms with E-state index in [0.717, 1.165) is 50.8 Å². The third kappa shape index (κ3) is 4.02. The Labute approximate surface area is 120 Å². The summed E-state index contributed by atoms with van der Waals surface area (Å²) in [6.07, 6.45) is 3.79. The van der Waals surface area contributed by atoms with Crippen LogP contribution in [0.3, 0.4) is 0 Å². The van der Waals surface area contributed by atoms with Crippen LogP contribution < -0.4 is 15.4 Å². The number of nitrogens with one attached hydrogen (secondary N) is 2. The van der Waals surface area contributed by atoms with Crippen molar-refractivity contribution in [3.63, 3.8) is 0 Å². The van der Waals surface area contributed by atoms with E-state index >= 15 is 0 Å². The first-order valence-corrected chi connectivity index (χ1v) is 7.21. The largest absolute Gasteiger partial charge is 0.493 e. The molecule has 0 spiro atoms. The van der Waals surface area contributed by atoms with Crippen LogP contribution in [0.5, 0.6) is 5.75 Å². The van der Waals surface area contributed by atoms with Gasteiger partial charge in [-0.2, -0.15) is 0 Å². The van der Waals surface area contributed by atoms with Crippen LogP contribution in [-0.4, -0.2) is 32.2 Å². The fraction of sp³-hybridized carbons (Fsp3) is 0.438. The van der Waals surface area contributed by atoms with Crippen LogP contribution in [-0.2, 0) is 12.8 Å². The zero-order valence-corrected chi connectivity index (χ0v) is 12.1. The molecule has 20 heavy (non-hydrogen) atoms. The third-order valence-corrected chi connectivity index (χ3v) is 3.18. The maximum Gasteiger partial charge on any atom is 0.191 e. The lowest BCUT2D eigenvalue weighted by Gasteiger charge is -2.09. The minimum atomic E-state index is 0.724. The van der Waals surface area contributed by atoms with Gasteiger partial charge in [0.2, 0.25) is 0 Å². The molecular weight excluding hydrogens is 250 g/mol. The zero-order valence-electron chi connectivity index (χ0n) is 12.1. The van der Waals surface area contributed by atoms with Gasteiger partial charge in [0.05, 0.1) is 6.61 Å². The van der Waals surface area contributed by atoms with E-state index in [0.29, 0.717) is 0 Å². The smallest absolute Gasteiger partial charge is 0.191 e. The van der Waals surface area contributed by atoms with Gasteiger partial charge < -0.3 is 15.4 Å². The minimum Gasteiger partial charge on any atom is -0.493 e. The summed E-state index contributed by atoms with van der Waals surface area (Å²) in [7, 11) is 0. The number of benzene rings is 1. The molecule has 2 N–H and O–H groups in total. The van der Waals surface area contributed by atoms with Gasteiger partial charge in [0.25, 0.3) is 0 Å². The van der Waals surface area contributed by atoms with Crippen molar-refractivity contribution in [3.8, 4) is 5.75 Å². The van der Waals surface area contributed by atoms with Crippen LogP contribution >= 0.6 is 0 Å². The van der Waals surface area contributed by atoms with Crippen molar-refractivity contribution in [1.82, 2.24) is 10.6 Å². The number of fused-ring (bicyclic) bond motifs is 1. The maximum atomic E-state index is 5.52. The van der Waals surface area contributed by atoms with E-state index in [1.165, 1.54) is 11.1 Å². The molecule has 0 bridgehead atoms. The summed E-state index contributed by atoms with van der Waals surface area (Å²) in [5.74, 6) is 1.88. The molecule has 1 aliphatic heterocycles. The van der Waals surface area contributed by atoms with Gasteiger partial charge in [0.1, 0.15) is 5.75 Å². The second kappa shape index (κ2) is 7.58. The molecule has 1 aromatic rings. The van der Waals surface area contributed by atoms with Crippen molar-refractivity contribution in [3.05, 3.63) is 42.0 Å². The summed E-state index contributed by atoms with van der Waals surface area (Å²) in [4.78, 5) is 4.56. The van der Waals surface area contributed by atoms with Crippen molar-refractivity contribution in [2.75, 3.05) is 26.2 Å². The molecule has 4 heteroatoms. The molecule has 108 valence electrons. The van der Waals surface area contributed by atoms with Crippen LogP contribution in [0.25, 0.3) is 0 Å². The highest BCUT2D eigenvalue weighted by atomic mass is 16.5. The molecule has 2 rings (SSSR count). The maximum absolute atomic E-state index is 5.52. The molecule has 0 aliphatic carbocycles. The van der Waals surface area contributed by atoms with Crippen LogP contribution in [0.4, 0.5) is 0 Å². The molecule has 0 radical (unpaired) electrons. The van der Waals surface area contributed by atoms with E-state index in [2.05, 4.69) is 47.3 Å². The fourth-order valence-corrected chi connectivity index (χ4v) is 2.20. The Bertz CT molecular complexity index is 483. The number of nitrogens with zero attached hydrogens (tertiary/aromatic N) is 1. The van der Waals surface area contributed by atoms with E-state index < -0.39 is 0 Å². The normalized spacial score (nSPS) is 13.6. The van der Waals surface area contributed by atoms with Crippen molar-refractivity contribution >= 4 is 5.96 Å². The Hall–Kier alpha value is -1.97. The lowest BCUT2D eigenvalue weighted by atomic mass is 10.1. The summed E-state index contributed by atoms with van der Waals surface area (Å²) >= 11 is 0. The highest BCUT2D eigenvalue weighted by Gasteiger charge is 2.11. The predicted octanol–water partition coefficient (Wildman–Crippen LogP) is 1.91. The number of guanidine groups is 1. The number of aliphatic imine (C=N–C) groups is 1. The molecule has 0 saturated carbocycles. The van der Waals surface area contributed by atoms with Crippen molar-refractivity contribution in [2.24, 2.45) is 4.99 Å². The van der Waals surface area contributed by atoms with E-state index in [1.807, 2.05) is 6.08 Å². The molecule has 1 aliphatic rings. The topological polar surface area (TPSA) is 45.7 Å². The van der Waals surface area contributed by atoms with Gasteiger partial charge in [0.15, 0.2) is 5.96 Å². The summed E-state index contributed by atoms with van der Waals surface area (Å²) in [6.45, 7) is 8.92. The Balaban J connectivity index is 1.88. The van der Waals surface area contributed by atoms with Gasteiger partial charge in [-0.1, -0.05) is 18.2 Å². The quantitative estimate of drug-likeness (QED) is 0.473. The standard InChI is InChI=1S/C16H23N3O/c1-3-9-18-16(17-4-2)19-10-7-13-5-6-15-14(12-13)8-11-20-15/h3,5-6,12H,1,4,7-11H2,2H3,(H2,17,18,19). The van der Waals surface area contributed by atoms with Gasteiger partial charge in [0, 0.05) is 26.1 Å². The van der Waals surface area contributed by atoms with Crippen molar-refractivity contribution < 1.29 is 4.74 Å². The summed E-state index contributed by atoms with van der Waals surface area (Å²) in [6, 6.07) is 6.44. The first kappa shape index (κ1) is 14.4. The molecule has 0 unspecified atom stereocenters. The van der Waals surface area contributed by atoms with Crippen molar-refractivity contribution in [2.45, 2.75) is 19.8 Å². The summed E-state index contributed by atoms with van der Waals surface area (Å²) < 4.78 is 5.52. The molecule has 0 saturated heterocycles. The Morgan fingerprint density at radius 1 is 1.45 bits per heavy atom. The number of rotatable bonds is 6. The molecule has 0 amide bonds. The van der Waals surface area contributed by atoms with Crippen LogP contribution in [0.2, 0.25) is 0 Å². The molecule has 0 fully saturated rings. The molecule has 4 nitrogen and oxygen atoms in total. The lowest BCUT2D eigenvalue weighted by Crippen LogP contribution is -2.37. The molecule has 1 heterocycles. The molecule has 0 atom stereocenters. The fourth-order valence-electron chi connectivity index (χ4n) is 2.20. The SMILES string of the molecule is C=CCNC(=NCCc1ccc2c(c1)CCO2)NCC. The highest BCUT2D eigenvalue weighted by molar-refractivity contribution is 5.79. The van der Waals surface area contributed by atoms with E-state index in [1.54, 1.807) is 0 Å². The second-order valence-electron chi connectivity index (χ2n) is 4.72. The second-order valence-corrected chi connectivity index (χ2v) is 4.72. The van der Waals surface area contributed by atoms with E-state index in [4.69, 9.17) is 4.74 Å². The average molecular weight is 273 g/mol. The lowest BCUT2D eigenvalue weighted by molar-refractivity contribution is 0.357. The first-order chi connectivity index (χ1) is 9.83. The average Bonchev–Trinajstić information content (AvgIpc) is 2.92. The highest BCUT2D eigenvalue weighted by Crippen LogP contribution is 2.25. The van der Waals surface area contributed by atoms with Crippen LogP contribution in [0.1, 0.15) is 18.1 Å². The Kier molecular flexibility index (Phi) is 5.47. The minimum absolute atomic E-state index is 0.724. The van der Waals surface area contributed by atoms with E-state index in [-0.39, 0.29) is 0 Å². The first-order valence-electron chi connectivity index (χ1n) is 7.21. The number of ether oxygens (including phenoxy) is 1. The summed E-state index contributed by atoms with van der Waals surface area (Å²) in [5.41, 5.74) is 2.64. The number of hydrogen-bond donors (Lipinski definition) is 2. The third-order valence-electron chi connectivity index (χ3n) is 3.18. The monoisotopic (exact) mass is 273 g/mol. The van der Waals surface area contributed by atoms with Crippen LogP contribution in [0, 0.1) is 0 Å². The van der Waals surface area contributed by atoms with Crippen LogP contribution in [0.15, 0.2) is 35.8 Å². The summed E-state index contributed by atoms with van der Waals surface area (Å²) in [5, 5.41) is 6.42. The van der Waals surface area contributed by atoms with Crippen molar-refractivity contribution in [1.29, 1.82) is 0 Å². The molecule has 1 aromatic carbocycles. The van der Waals surface area contributed by atoms with Gasteiger partial charge >= 0.3 is 0 Å². The van der Waals surface area contributed by atoms with Gasteiger partial charge in [-0.3, -0.25) is 4.99 Å². The number of hydrogen-bond acceptors (Lipinski definition) is 2. The Morgan fingerprint density at radius 2 is 2.35 bits per heavy atom. The molecule has 0 aromatic heterocycles. The van der Waals surface area contributed by atoms with Gasteiger partial charge in [-0.15, -0.1) is 6.58 Å². The predicted molar refractivity (Wildman–Crippen MR) is 83.5 cm³/mol. The van der Waals surface area contributed by atoms with Gasteiger partial charge in [-0.25, -0.2) is 0 Å². The molecular formula is C16H23N3O.